The molecule has 1 heterocycles. The van der Waals surface area contributed by atoms with Crippen LogP contribution in [-0.4, -0.2) is 0 Å². The van der Waals surface area contributed by atoms with Crippen LogP contribution in [0.15, 0.2) is 12.1 Å². The van der Waals surface area contributed by atoms with Crippen LogP contribution in [0.4, 0.5) is 0 Å². The summed E-state index contributed by atoms with van der Waals surface area (Å²) in [5.74, 6) is 4.75. The van der Waals surface area contributed by atoms with Gasteiger partial charge in [-0.15, -0.1) is 22.9 Å². The van der Waals surface area contributed by atoms with Crippen LogP contribution >= 0.6 is 22.9 Å². The van der Waals surface area contributed by atoms with Crippen molar-refractivity contribution in [2.75, 3.05) is 0 Å². The molecule has 4 aliphatic rings. The van der Waals surface area contributed by atoms with E-state index in [2.05, 4.69) is 19.1 Å². The highest BCUT2D eigenvalue weighted by Crippen LogP contribution is 2.60. The number of aryl methyl sites for hydroxylation is 1. The lowest BCUT2D eigenvalue weighted by molar-refractivity contribution is -0.0378. The second-order valence-corrected chi connectivity index (χ2v) is 8.74. The number of alkyl halides is 1. The van der Waals surface area contributed by atoms with Crippen LogP contribution in [0.1, 0.15) is 54.2 Å². The first-order valence-corrected chi connectivity index (χ1v) is 9.22. The van der Waals surface area contributed by atoms with E-state index in [0.29, 0.717) is 5.38 Å². The monoisotopic (exact) mass is 294 g/mol. The predicted molar refractivity (Wildman–Crippen MR) is 82.8 cm³/mol. The van der Waals surface area contributed by atoms with Crippen LogP contribution in [0.5, 0.6) is 0 Å². The van der Waals surface area contributed by atoms with E-state index in [1.165, 1.54) is 41.9 Å². The van der Waals surface area contributed by atoms with Gasteiger partial charge in [0.2, 0.25) is 0 Å². The summed E-state index contributed by atoms with van der Waals surface area (Å²) in [6.45, 7) is 2.24. The van der Waals surface area contributed by atoms with Crippen molar-refractivity contribution in [1.29, 1.82) is 0 Å². The average molecular weight is 295 g/mol. The lowest BCUT2D eigenvalue weighted by Crippen LogP contribution is -2.46. The van der Waals surface area contributed by atoms with Crippen LogP contribution in [0.3, 0.4) is 0 Å². The molecule has 0 N–H and O–H groups in total. The number of thiophene rings is 1. The lowest BCUT2D eigenvalue weighted by Gasteiger charge is -2.55. The van der Waals surface area contributed by atoms with Gasteiger partial charge in [-0.25, -0.2) is 0 Å². The second kappa shape index (κ2) is 4.77. The summed E-state index contributed by atoms with van der Waals surface area (Å²) in [5.41, 5.74) is 0. The molecule has 4 aliphatic carbocycles. The maximum atomic E-state index is 6.93. The van der Waals surface area contributed by atoms with E-state index in [4.69, 9.17) is 11.6 Å². The Hall–Kier alpha value is -0.0100. The standard InChI is InChI=1S/C17H23ClS/c1-2-14-3-4-15(19-14)17(18)16-12-6-10-5-11(8-12)9-13(16)7-10/h3-4,10-13,16-17H,2,5-9H2,1H3. The molecule has 4 saturated carbocycles. The zero-order valence-electron chi connectivity index (χ0n) is 11.6. The highest BCUT2D eigenvalue weighted by Gasteiger charge is 2.50. The molecule has 1 aromatic heterocycles. The highest BCUT2D eigenvalue weighted by atomic mass is 35.5. The van der Waals surface area contributed by atoms with Crippen molar-refractivity contribution in [2.45, 2.75) is 50.8 Å². The Balaban J connectivity index is 1.58. The Labute approximate surface area is 125 Å². The first kappa shape index (κ1) is 12.7. The van der Waals surface area contributed by atoms with Crippen LogP contribution in [0.25, 0.3) is 0 Å². The minimum atomic E-state index is 0.292. The maximum absolute atomic E-state index is 6.93. The fraction of sp³-hybridized carbons (Fsp3) is 0.765. The van der Waals surface area contributed by atoms with Gasteiger partial charge < -0.3 is 0 Å². The number of hydrogen-bond acceptors (Lipinski definition) is 1. The summed E-state index contributed by atoms with van der Waals surface area (Å²) in [6, 6.07) is 4.58. The molecule has 0 spiro atoms. The number of rotatable bonds is 3. The summed E-state index contributed by atoms with van der Waals surface area (Å²) in [5, 5.41) is 0.292. The maximum Gasteiger partial charge on any atom is 0.0712 e. The Morgan fingerprint density at radius 2 is 1.74 bits per heavy atom. The van der Waals surface area contributed by atoms with Gasteiger partial charge in [-0.3, -0.25) is 0 Å². The molecule has 0 aromatic carbocycles. The second-order valence-electron chi connectivity index (χ2n) is 7.07. The van der Waals surface area contributed by atoms with Crippen molar-refractivity contribution in [1.82, 2.24) is 0 Å². The minimum Gasteiger partial charge on any atom is -0.144 e. The highest BCUT2D eigenvalue weighted by molar-refractivity contribution is 7.12. The quantitative estimate of drug-likeness (QED) is 0.631. The van der Waals surface area contributed by atoms with Crippen LogP contribution in [-0.2, 0) is 6.42 Å². The van der Waals surface area contributed by atoms with Crippen LogP contribution in [0, 0.1) is 29.6 Å². The lowest BCUT2D eigenvalue weighted by atomic mass is 9.51. The van der Waals surface area contributed by atoms with Crippen molar-refractivity contribution in [3.05, 3.63) is 21.9 Å². The third-order valence-electron chi connectivity index (χ3n) is 5.94. The molecule has 104 valence electrons. The Bertz CT molecular complexity index is 436. The van der Waals surface area contributed by atoms with E-state index in [1.54, 1.807) is 0 Å². The molecule has 0 nitrogen and oxygen atoms in total. The Morgan fingerprint density at radius 3 is 2.26 bits per heavy atom. The summed E-state index contributed by atoms with van der Waals surface area (Å²) in [7, 11) is 0. The van der Waals surface area contributed by atoms with Gasteiger partial charge >= 0.3 is 0 Å². The molecule has 5 rings (SSSR count). The molecule has 1 aromatic rings. The van der Waals surface area contributed by atoms with Crippen molar-refractivity contribution in [3.63, 3.8) is 0 Å². The average Bonchev–Trinajstić information content (AvgIpc) is 2.86. The summed E-state index contributed by atoms with van der Waals surface area (Å²) < 4.78 is 0. The molecule has 0 aliphatic heterocycles. The minimum absolute atomic E-state index is 0.292. The zero-order chi connectivity index (χ0) is 13.0. The van der Waals surface area contributed by atoms with E-state index in [9.17, 15) is 0 Å². The fourth-order valence-electron chi connectivity index (χ4n) is 5.37. The topological polar surface area (TPSA) is 0 Å². The van der Waals surface area contributed by atoms with Gasteiger partial charge in [-0.1, -0.05) is 6.92 Å². The van der Waals surface area contributed by atoms with Crippen molar-refractivity contribution < 1.29 is 0 Å². The van der Waals surface area contributed by atoms with Crippen molar-refractivity contribution in [3.8, 4) is 0 Å². The molecular weight excluding hydrogens is 272 g/mol. The zero-order valence-corrected chi connectivity index (χ0v) is 13.2. The molecule has 0 saturated heterocycles. The van der Waals surface area contributed by atoms with Gasteiger partial charge in [0.05, 0.1) is 5.38 Å². The molecule has 1 atom stereocenters. The third-order valence-corrected chi connectivity index (χ3v) is 7.91. The van der Waals surface area contributed by atoms with Gasteiger partial charge in [0.25, 0.3) is 0 Å². The molecule has 2 heteroatoms. The fourth-order valence-corrected chi connectivity index (χ4v) is 6.97. The summed E-state index contributed by atoms with van der Waals surface area (Å²) in [4.78, 5) is 2.93. The normalized spacial score (nSPS) is 41.7. The molecule has 4 fully saturated rings. The van der Waals surface area contributed by atoms with Crippen LogP contribution < -0.4 is 0 Å². The van der Waals surface area contributed by atoms with Crippen molar-refractivity contribution >= 4 is 22.9 Å². The van der Waals surface area contributed by atoms with E-state index >= 15 is 0 Å². The van der Waals surface area contributed by atoms with Gasteiger partial charge in [0.1, 0.15) is 0 Å². The largest absolute Gasteiger partial charge is 0.144 e. The molecule has 1 unspecified atom stereocenters. The molecule has 4 bridgehead atoms. The van der Waals surface area contributed by atoms with E-state index in [-0.39, 0.29) is 0 Å². The van der Waals surface area contributed by atoms with Crippen molar-refractivity contribution in [2.24, 2.45) is 29.6 Å². The number of hydrogen-bond donors (Lipinski definition) is 0. The third kappa shape index (κ3) is 2.08. The van der Waals surface area contributed by atoms with Gasteiger partial charge in [0.15, 0.2) is 0 Å². The van der Waals surface area contributed by atoms with E-state index < -0.39 is 0 Å². The molecule has 0 radical (unpaired) electrons. The molecular formula is C17H23ClS. The first-order valence-electron chi connectivity index (χ1n) is 7.97. The first-order chi connectivity index (χ1) is 9.24. The number of halogens is 1. The van der Waals surface area contributed by atoms with Gasteiger partial charge in [0, 0.05) is 9.75 Å². The van der Waals surface area contributed by atoms with Crippen LogP contribution in [0.2, 0.25) is 0 Å². The van der Waals surface area contributed by atoms with E-state index in [0.717, 1.165) is 36.0 Å². The van der Waals surface area contributed by atoms with E-state index in [1.807, 2.05) is 11.3 Å². The van der Waals surface area contributed by atoms with Gasteiger partial charge in [-0.05, 0) is 80.2 Å². The summed E-state index contributed by atoms with van der Waals surface area (Å²) in [6.07, 6.45) is 8.60. The smallest absolute Gasteiger partial charge is 0.0712 e. The summed E-state index contributed by atoms with van der Waals surface area (Å²) >= 11 is 8.88. The Morgan fingerprint density at radius 1 is 1.11 bits per heavy atom. The predicted octanol–water partition coefficient (Wildman–Crippen LogP) is 5.66. The van der Waals surface area contributed by atoms with Gasteiger partial charge in [-0.2, -0.15) is 0 Å². The Kier molecular flexibility index (Phi) is 3.19. The SMILES string of the molecule is CCc1ccc(C(Cl)C2C3CC4CC(C3)CC2C4)s1. The molecule has 19 heavy (non-hydrogen) atoms. The molecule has 0 amide bonds.